The maximum Gasteiger partial charge on any atom is 0.328 e. The number of rotatable bonds is 3. The zero-order chi connectivity index (χ0) is 10.2. The molecular weight excluding hydrogens is 170 g/mol. The van der Waals surface area contributed by atoms with E-state index in [2.05, 4.69) is 5.32 Å². The largest absolute Gasteiger partial charge is 0.480 e. The molecule has 74 valence electrons. The first-order valence-electron chi connectivity index (χ1n) is 4.40. The monoisotopic (exact) mass is 185 g/mol. The van der Waals surface area contributed by atoms with Gasteiger partial charge in [0.2, 0.25) is 5.91 Å². The number of carboxylic acids is 1. The second kappa shape index (κ2) is 3.01. The van der Waals surface area contributed by atoms with Crippen molar-refractivity contribution in [1.82, 2.24) is 5.32 Å². The number of carboxylic acid groups (broad SMARTS) is 1. The smallest absolute Gasteiger partial charge is 0.328 e. The van der Waals surface area contributed by atoms with E-state index in [1.54, 1.807) is 0 Å². The van der Waals surface area contributed by atoms with Crippen LogP contribution in [-0.2, 0) is 9.59 Å². The van der Waals surface area contributed by atoms with E-state index in [0.29, 0.717) is 5.92 Å². The number of carbonyl (C=O) groups excluding carboxylic acids is 1. The lowest BCUT2D eigenvalue weighted by atomic mass is 10.1. The highest BCUT2D eigenvalue weighted by atomic mass is 16.4. The van der Waals surface area contributed by atoms with Crippen LogP contribution in [-0.4, -0.2) is 22.5 Å². The van der Waals surface area contributed by atoms with Crippen molar-refractivity contribution < 1.29 is 14.7 Å². The van der Waals surface area contributed by atoms with Gasteiger partial charge in [-0.05, 0) is 26.2 Å². The third-order valence-corrected chi connectivity index (χ3v) is 2.42. The molecule has 1 aliphatic rings. The summed E-state index contributed by atoms with van der Waals surface area (Å²) >= 11 is 0. The second-order valence-corrected chi connectivity index (χ2v) is 4.24. The molecule has 13 heavy (non-hydrogen) atoms. The van der Waals surface area contributed by atoms with Crippen LogP contribution in [0.25, 0.3) is 0 Å². The maximum absolute atomic E-state index is 11.4. The van der Waals surface area contributed by atoms with Gasteiger partial charge in [0.1, 0.15) is 5.54 Å². The van der Waals surface area contributed by atoms with Gasteiger partial charge >= 0.3 is 5.97 Å². The van der Waals surface area contributed by atoms with E-state index >= 15 is 0 Å². The Labute approximate surface area is 77.3 Å². The van der Waals surface area contributed by atoms with Gasteiger partial charge in [-0.3, -0.25) is 4.79 Å². The van der Waals surface area contributed by atoms with E-state index in [-0.39, 0.29) is 11.8 Å². The van der Waals surface area contributed by atoms with Crippen LogP contribution >= 0.6 is 0 Å². The van der Waals surface area contributed by atoms with Crippen molar-refractivity contribution >= 4 is 11.9 Å². The predicted molar refractivity (Wildman–Crippen MR) is 47.1 cm³/mol. The summed E-state index contributed by atoms with van der Waals surface area (Å²) in [5.74, 6) is -0.711. The lowest BCUT2D eigenvalue weighted by Gasteiger charge is -2.20. The van der Waals surface area contributed by atoms with Gasteiger partial charge in [-0.1, -0.05) is 6.92 Å². The van der Waals surface area contributed by atoms with Crippen molar-refractivity contribution in [2.45, 2.75) is 32.7 Å². The molecule has 1 fully saturated rings. The van der Waals surface area contributed by atoms with Crippen molar-refractivity contribution in [2.75, 3.05) is 0 Å². The van der Waals surface area contributed by atoms with Crippen LogP contribution in [0, 0.1) is 11.8 Å². The fourth-order valence-corrected chi connectivity index (χ4v) is 1.14. The minimum absolute atomic E-state index is 0.0265. The molecule has 0 radical (unpaired) electrons. The molecule has 0 bridgehead atoms. The Morgan fingerprint density at radius 2 is 1.92 bits per heavy atom. The zero-order valence-electron chi connectivity index (χ0n) is 8.13. The summed E-state index contributed by atoms with van der Waals surface area (Å²) in [6, 6.07) is 0. The number of hydrogen-bond acceptors (Lipinski definition) is 2. The van der Waals surface area contributed by atoms with E-state index in [1.807, 2.05) is 6.92 Å². The normalized spacial score (nSPS) is 26.7. The van der Waals surface area contributed by atoms with Crippen molar-refractivity contribution in [1.29, 1.82) is 0 Å². The van der Waals surface area contributed by atoms with Crippen LogP contribution in [0.4, 0.5) is 0 Å². The Hall–Kier alpha value is -1.06. The Morgan fingerprint density at radius 3 is 2.23 bits per heavy atom. The molecule has 0 aromatic rings. The fourth-order valence-electron chi connectivity index (χ4n) is 1.14. The van der Waals surface area contributed by atoms with Crippen molar-refractivity contribution in [2.24, 2.45) is 11.8 Å². The maximum atomic E-state index is 11.4. The summed E-state index contributed by atoms with van der Waals surface area (Å²) in [6.45, 7) is 4.96. The van der Waals surface area contributed by atoms with Crippen LogP contribution in [0.15, 0.2) is 0 Å². The Morgan fingerprint density at radius 1 is 1.46 bits per heavy atom. The van der Waals surface area contributed by atoms with Crippen LogP contribution in [0.3, 0.4) is 0 Å². The van der Waals surface area contributed by atoms with Gasteiger partial charge in [0, 0.05) is 5.92 Å². The molecule has 4 nitrogen and oxygen atoms in total. The van der Waals surface area contributed by atoms with Crippen LogP contribution < -0.4 is 5.32 Å². The highest BCUT2D eigenvalue weighted by Crippen LogP contribution is 2.37. The summed E-state index contributed by atoms with van der Waals surface area (Å²) in [6.07, 6.45) is 0.877. The highest BCUT2D eigenvalue weighted by Gasteiger charge is 2.42. The number of carbonyl (C=O) groups is 2. The first kappa shape index (κ1) is 10.0. The lowest BCUT2D eigenvalue weighted by molar-refractivity contribution is -0.146. The van der Waals surface area contributed by atoms with Crippen LogP contribution in [0.5, 0.6) is 0 Å². The minimum Gasteiger partial charge on any atom is -0.480 e. The second-order valence-electron chi connectivity index (χ2n) is 4.24. The average Bonchev–Trinajstić information content (AvgIpc) is 2.65. The van der Waals surface area contributed by atoms with E-state index in [0.717, 1.165) is 6.42 Å². The molecule has 0 aromatic heterocycles. The molecular formula is C9H15NO3. The van der Waals surface area contributed by atoms with Gasteiger partial charge in [-0.25, -0.2) is 4.79 Å². The van der Waals surface area contributed by atoms with Crippen molar-refractivity contribution in [3.8, 4) is 0 Å². The van der Waals surface area contributed by atoms with Crippen LogP contribution in [0.2, 0.25) is 0 Å². The van der Waals surface area contributed by atoms with Gasteiger partial charge in [-0.2, -0.15) is 0 Å². The highest BCUT2D eigenvalue weighted by molar-refractivity contribution is 5.88. The first-order valence-corrected chi connectivity index (χ1v) is 4.40. The first-order chi connectivity index (χ1) is 5.84. The summed E-state index contributed by atoms with van der Waals surface area (Å²) in [4.78, 5) is 22.0. The van der Waals surface area contributed by atoms with Gasteiger partial charge in [-0.15, -0.1) is 0 Å². The molecule has 4 heteroatoms. The van der Waals surface area contributed by atoms with Gasteiger partial charge in [0.05, 0.1) is 0 Å². The summed E-state index contributed by atoms with van der Waals surface area (Å²) in [5, 5.41) is 11.3. The predicted octanol–water partition coefficient (Wildman–Crippen LogP) is 0.622. The number of hydrogen-bond donors (Lipinski definition) is 2. The fraction of sp³-hybridized carbons (Fsp3) is 0.778. The topological polar surface area (TPSA) is 66.4 Å². The molecule has 0 aliphatic heterocycles. The van der Waals surface area contributed by atoms with Gasteiger partial charge < -0.3 is 10.4 Å². The quantitative estimate of drug-likeness (QED) is 0.677. The van der Waals surface area contributed by atoms with Gasteiger partial charge in [0.15, 0.2) is 0 Å². The molecule has 0 saturated heterocycles. The molecule has 0 aromatic carbocycles. The van der Waals surface area contributed by atoms with E-state index in [1.165, 1.54) is 13.8 Å². The third kappa shape index (κ3) is 2.20. The molecule has 2 N–H and O–H groups in total. The molecule has 0 spiro atoms. The zero-order valence-corrected chi connectivity index (χ0v) is 8.13. The Kier molecular flexibility index (Phi) is 2.32. The molecule has 0 heterocycles. The molecule has 1 aliphatic carbocycles. The molecule has 1 amide bonds. The number of amides is 1. The van der Waals surface area contributed by atoms with E-state index in [9.17, 15) is 9.59 Å². The summed E-state index contributed by atoms with van der Waals surface area (Å²) in [7, 11) is 0. The number of aliphatic carboxylic acids is 1. The molecule has 1 saturated carbocycles. The minimum atomic E-state index is -1.15. The Bertz CT molecular complexity index is 247. The van der Waals surface area contributed by atoms with E-state index in [4.69, 9.17) is 5.11 Å². The van der Waals surface area contributed by atoms with Crippen molar-refractivity contribution in [3.05, 3.63) is 0 Å². The van der Waals surface area contributed by atoms with Crippen LogP contribution in [0.1, 0.15) is 27.2 Å². The number of nitrogens with one attached hydrogen (secondary N) is 1. The van der Waals surface area contributed by atoms with E-state index < -0.39 is 11.5 Å². The SMILES string of the molecule is CC1CC1C(=O)NC(C)(C)C(=O)O. The lowest BCUT2D eigenvalue weighted by Crippen LogP contribution is -2.50. The average molecular weight is 185 g/mol. The molecule has 1 rings (SSSR count). The van der Waals surface area contributed by atoms with Gasteiger partial charge in [0.25, 0.3) is 0 Å². The van der Waals surface area contributed by atoms with Crippen molar-refractivity contribution in [3.63, 3.8) is 0 Å². The third-order valence-electron chi connectivity index (χ3n) is 2.42. The standard InChI is InChI=1S/C9H15NO3/c1-5-4-6(5)7(11)10-9(2,3)8(12)13/h5-6H,4H2,1-3H3,(H,10,11)(H,12,13). The Balaban J connectivity index is 2.48. The summed E-state index contributed by atoms with van der Waals surface area (Å²) in [5.41, 5.74) is -1.15. The summed E-state index contributed by atoms with van der Waals surface area (Å²) < 4.78 is 0. The molecule has 2 atom stereocenters. The molecule has 2 unspecified atom stereocenters.